The lowest BCUT2D eigenvalue weighted by atomic mass is 10.1. The molecule has 0 unspecified atom stereocenters. The summed E-state index contributed by atoms with van der Waals surface area (Å²) in [6.45, 7) is 9.24. The lowest BCUT2D eigenvalue weighted by molar-refractivity contribution is -0.127. The smallest absolute Gasteiger partial charge is 0.260 e. The Kier molecular flexibility index (Phi) is 5.23. The maximum atomic E-state index is 12.1. The molecule has 0 spiro atoms. The summed E-state index contributed by atoms with van der Waals surface area (Å²) in [5.74, 6) is 0.691. The van der Waals surface area contributed by atoms with E-state index >= 15 is 0 Å². The summed E-state index contributed by atoms with van der Waals surface area (Å²) in [6, 6.07) is 4.09. The summed E-state index contributed by atoms with van der Waals surface area (Å²) in [7, 11) is 0. The third-order valence-corrected chi connectivity index (χ3v) is 3.96. The summed E-state index contributed by atoms with van der Waals surface area (Å²) in [6.07, 6.45) is 1.75. The average molecular weight is 291 g/mol. The van der Waals surface area contributed by atoms with Crippen molar-refractivity contribution in [1.82, 2.24) is 5.32 Å². The first-order valence-electron chi connectivity index (χ1n) is 7.61. The first-order chi connectivity index (χ1) is 9.97. The standard InChI is InChI=1S/C17H25NO3/c1-11-8-12(2)13(3)16(9-11)21-14(4)17(19)18-10-15-6-5-7-20-15/h8-9,14-15H,5-7,10H2,1-4H3,(H,18,19)/t14-,15-/m0/s1. The zero-order valence-corrected chi connectivity index (χ0v) is 13.4. The predicted molar refractivity (Wildman–Crippen MR) is 82.7 cm³/mol. The minimum Gasteiger partial charge on any atom is -0.481 e. The maximum absolute atomic E-state index is 12.1. The van der Waals surface area contributed by atoms with Crippen LogP contribution in [0.1, 0.15) is 36.5 Å². The minimum absolute atomic E-state index is 0.0935. The van der Waals surface area contributed by atoms with Crippen molar-refractivity contribution < 1.29 is 14.3 Å². The van der Waals surface area contributed by atoms with E-state index in [9.17, 15) is 4.79 Å². The van der Waals surface area contributed by atoms with Gasteiger partial charge in [-0.05, 0) is 63.3 Å². The molecular weight excluding hydrogens is 266 g/mol. The number of rotatable bonds is 5. The molecule has 0 bridgehead atoms. The second-order valence-electron chi connectivity index (χ2n) is 5.85. The van der Waals surface area contributed by atoms with E-state index in [1.165, 1.54) is 5.56 Å². The summed E-state index contributed by atoms with van der Waals surface area (Å²) in [5, 5.41) is 2.90. The van der Waals surface area contributed by atoms with E-state index < -0.39 is 6.10 Å². The topological polar surface area (TPSA) is 47.6 Å². The number of hydrogen-bond donors (Lipinski definition) is 1. The summed E-state index contributed by atoms with van der Waals surface area (Å²) < 4.78 is 11.3. The van der Waals surface area contributed by atoms with Crippen LogP contribution in [0.3, 0.4) is 0 Å². The highest BCUT2D eigenvalue weighted by atomic mass is 16.5. The Morgan fingerprint density at radius 1 is 1.43 bits per heavy atom. The van der Waals surface area contributed by atoms with Crippen LogP contribution in [0.4, 0.5) is 0 Å². The SMILES string of the molecule is Cc1cc(C)c(C)c(O[C@@H](C)C(=O)NC[C@@H]2CCCO2)c1. The predicted octanol–water partition coefficient (Wildman–Crippen LogP) is 2.67. The third kappa shape index (κ3) is 4.21. The Balaban J connectivity index is 1.91. The van der Waals surface area contributed by atoms with Crippen LogP contribution in [-0.2, 0) is 9.53 Å². The van der Waals surface area contributed by atoms with Gasteiger partial charge in [0.25, 0.3) is 5.91 Å². The number of carbonyl (C=O) groups is 1. The molecule has 1 aromatic rings. The fourth-order valence-corrected chi connectivity index (χ4v) is 2.53. The third-order valence-electron chi connectivity index (χ3n) is 3.96. The molecule has 2 rings (SSSR count). The monoisotopic (exact) mass is 291 g/mol. The molecule has 0 aliphatic carbocycles. The van der Waals surface area contributed by atoms with Crippen LogP contribution in [0, 0.1) is 20.8 Å². The first-order valence-corrected chi connectivity index (χ1v) is 7.61. The Bertz CT molecular complexity index is 507. The summed E-state index contributed by atoms with van der Waals surface area (Å²) in [4.78, 5) is 12.1. The molecule has 1 amide bonds. The summed E-state index contributed by atoms with van der Waals surface area (Å²) in [5.41, 5.74) is 3.40. The van der Waals surface area contributed by atoms with E-state index in [-0.39, 0.29) is 12.0 Å². The van der Waals surface area contributed by atoms with Gasteiger partial charge in [0, 0.05) is 13.2 Å². The number of hydrogen-bond acceptors (Lipinski definition) is 3. The van der Waals surface area contributed by atoms with Crippen LogP contribution in [0.5, 0.6) is 5.75 Å². The molecule has 1 fully saturated rings. The van der Waals surface area contributed by atoms with Crippen LogP contribution in [0.25, 0.3) is 0 Å². The molecular formula is C17H25NO3. The molecule has 0 saturated carbocycles. The quantitative estimate of drug-likeness (QED) is 0.907. The van der Waals surface area contributed by atoms with E-state index in [0.717, 1.165) is 36.3 Å². The first kappa shape index (κ1) is 15.8. The number of benzene rings is 1. The Morgan fingerprint density at radius 3 is 2.86 bits per heavy atom. The van der Waals surface area contributed by atoms with Crippen molar-refractivity contribution in [2.45, 2.75) is 52.7 Å². The van der Waals surface area contributed by atoms with Crippen molar-refractivity contribution in [1.29, 1.82) is 0 Å². The molecule has 4 nitrogen and oxygen atoms in total. The van der Waals surface area contributed by atoms with Gasteiger partial charge in [-0.2, -0.15) is 0 Å². The molecule has 1 saturated heterocycles. The van der Waals surface area contributed by atoms with Gasteiger partial charge in [0.1, 0.15) is 5.75 Å². The van der Waals surface area contributed by atoms with Crippen LogP contribution in [0.2, 0.25) is 0 Å². The van der Waals surface area contributed by atoms with Gasteiger partial charge in [-0.1, -0.05) is 6.07 Å². The van der Waals surface area contributed by atoms with Gasteiger partial charge in [0.15, 0.2) is 6.10 Å². The zero-order valence-electron chi connectivity index (χ0n) is 13.4. The number of nitrogens with one attached hydrogen (secondary N) is 1. The van der Waals surface area contributed by atoms with Gasteiger partial charge in [0.05, 0.1) is 6.10 Å². The van der Waals surface area contributed by atoms with E-state index in [1.54, 1.807) is 6.92 Å². The minimum atomic E-state index is -0.508. The molecule has 1 aliphatic heterocycles. The molecule has 4 heteroatoms. The van der Waals surface area contributed by atoms with Gasteiger partial charge < -0.3 is 14.8 Å². The highest BCUT2D eigenvalue weighted by Crippen LogP contribution is 2.24. The molecule has 21 heavy (non-hydrogen) atoms. The number of amides is 1. The summed E-state index contributed by atoms with van der Waals surface area (Å²) >= 11 is 0. The van der Waals surface area contributed by atoms with E-state index in [2.05, 4.69) is 18.3 Å². The zero-order chi connectivity index (χ0) is 15.4. The lowest BCUT2D eigenvalue weighted by Crippen LogP contribution is -2.40. The number of aryl methyl sites for hydroxylation is 2. The van der Waals surface area contributed by atoms with Crippen LogP contribution >= 0.6 is 0 Å². The second kappa shape index (κ2) is 6.94. The molecule has 1 aromatic carbocycles. The van der Waals surface area contributed by atoms with Gasteiger partial charge in [0.2, 0.25) is 0 Å². The van der Waals surface area contributed by atoms with Crippen LogP contribution < -0.4 is 10.1 Å². The van der Waals surface area contributed by atoms with Crippen LogP contribution in [0.15, 0.2) is 12.1 Å². The van der Waals surface area contributed by atoms with Crippen LogP contribution in [-0.4, -0.2) is 31.3 Å². The molecule has 1 heterocycles. The largest absolute Gasteiger partial charge is 0.481 e. The van der Waals surface area contributed by atoms with Crippen molar-refractivity contribution in [2.75, 3.05) is 13.2 Å². The number of carbonyl (C=O) groups excluding carboxylic acids is 1. The lowest BCUT2D eigenvalue weighted by Gasteiger charge is -2.19. The Hall–Kier alpha value is -1.55. The fraction of sp³-hybridized carbons (Fsp3) is 0.588. The van der Waals surface area contributed by atoms with Gasteiger partial charge in [-0.15, -0.1) is 0 Å². The molecule has 1 N–H and O–H groups in total. The van der Waals surface area contributed by atoms with E-state index in [4.69, 9.17) is 9.47 Å². The van der Waals surface area contributed by atoms with Gasteiger partial charge in [-0.3, -0.25) is 4.79 Å². The van der Waals surface area contributed by atoms with Gasteiger partial charge in [-0.25, -0.2) is 0 Å². The van der Waals surface area contributed by atoms with E-state index in [0.29, 0.717) is 6.54 Å². The maximum Gasteiger partial charge on any atom is 0.260 e. The van der Waals surface area contributed by atoms with Gasteiger partial charge >= 0.3 is 0 Å². The normalized spacial score (nSPS) is 19.3. The molecule has 0 aromatic heterocycles. The van der Waals surface area contributed by atoms with E-state index in [1.807, 2.05) is 19.9 Å². The average Bonchev–Trinajstić information content (AvgIpc) is 2.94. The Morgan fingerprint density at radius 2 is 2.19 bits per heavy atom. The molecule has 116 valence electrons. The highest BCUT2D eigenvalue weighted by molar-refractivity contribution is 5.80. The fourth-order valence-electron chi connectivity index (χ4n) is 2.53. The second-order valence-corrected chi connectivity index (χ2v) is 5.85. The van der Waals surface area contributed by atoms with Crippen molar-refractivity contribution in [3.05, 3.63) is 28.8 Å². The Labute approximate surface area is 126 Å². The van der Waals surface area contributed by atoms with Crippen molar-refractivity contribution >= 4 is 5.91 Å². The van der Waals surface area contributed by atoms with Crippen molar-refractivity contribution in [3.8, 4) is 5.75 Å². The number of ether oxygens (including phenoxy) is 2. The highest BCUT2D eigenvalue weighted by Gasteiger charge is 2.20. The molecule has 1 aliphatic rings. The molecule has 2 atom stereocenters. The van der Waals surface area contributed by atoms with Crippen molar-refractivity contribution in [2.24, 2.45) is 0 Å². The van der Waals surface area contributed by atoms with Crippen molar-refractivity contribution in [3.63, 3.8) is 0 Å². The molecule has 0 radical (unpaired) electrons.